The molecule has 2 heteroatoms. The minimum absolute atomic E-state index is 0.246. The van der Waals surface area contributed by atoms with Gasteiger partial charge in [-0.25, -0.2) is 0 Å². The van der Waals surface area contributed by atoms with E-state index in [1.54, 1.807) is 0 Å². The van der Waals surface area contributed by atoms with Crippen molar-refractivity contribution in [3.05, 3.63) is 29.8 Å². The highest BCUT2D eigenvalue weighted by Gasteiger charge is 2.17. The van der Waals surface area contributed by atoms with Gasteiger partial charge in [0.15, 0.2) is 0 Å². The van der Waals surface area contributed by atoms with Crippen LogP contribution < -0.4 is 10.5 Å². The predicted molar refractivity (Wildman–Crippen MR) is 68.9 cm³/mol. The topological polar surface area (TPSA) is 35.2 Å². The van der Waals surface area contributed by atoms with Gasteiger partial charge in [-0.3, -0.25) is 0 Å². The summed E-state index contributed by atoms with van der Waals surface area (Å²) in [7, 11) is 0. The average Bonchev–Trinajstić information content (AvgIpc) is 2.30. The molecule has 0 fully saturated rings. The second-order valence-electron chi connectivity index (χ2n) is 4.75. The molecular weight excluding hydrogens is 198 g/mol. The summed E-state index contributed by atoms with van der Waals surface area (Å²) in [4.78, 5) is 0. The standard InChI is InChI=1S/C14H23NO/c1-4-14(2,3)12-6-8-13(9-7-12)16-11-5-10-15/h6-9H,4-5,10-11,15H2,1-3H3. The van der Waals surface area contributed by atoms with Crippen LogP contribution in [0.4, 0.5) is 0 Å². The first-order chi connectivity index (χ1) is 7.60. The van der Waals surface area contributed by atoms with Crippen LogP contribution in [-0.2, 0) is 5.41 Å². The number of hydrogen-bond acceptors (Lipinski definition) is 2. The van der Waals surface area contributed by atoms with Crippen molar-refractivity contribution < 1.29 is 4.74 Å². The van der Waals surface area contributed by atoms with E-state index in [1.807, 2.05) is 12.1 Å². The minimum atomic E-state index is 0.246. The summed E-state index contributed by atoms with van der Waals surface area (Å²) >= 11 is 0. The Labute approximate surface area is 98.8 Å². The van der Waals surface area contributed by atoms with E-state index in [0.29, 0.717) is 13.2 Å². The number of rotatable bonds is 6. The summed E-state index contributed by atoms with van der Waals surface area (Å²) in [5.74, 6) is 0.934. The fourth-order valence-corrected chi connectivity index (χ4v) is 1.48. The molecule has 0 spiro atoms. The van der Waals surface area contributed by atoms with Gasteiger partial charge in [-0.15, -0.1) is 0 Å². The van der Waals surface area contributed by atoms with Crippen LogP contribution in [0, 0.1) is 0 Å². The lowest BCUT2D eigenvalue weighted by atomic mass is 9.82. The predicted octanol–water partition coefficient (Wildman–Crippen LogP) is 3.10. The van der Waals surface area contributed by atoms with E-state index in [1.165, 1.54) is 5.56 Å². The van der Waals surface area contributed by atoms with Crippen molar-refractivity contribution in [1.29, 1.82) is 0 Å². The SMILES string of the molecule is CCC(C)(C)c1ccc(OCCCN)cc1. The largest absolute Gasteiger partial charge is 0.494 e. The normalized spacial score (nSPS) is 11.5. The van der Waals surface area contributed by atoms with E-state index >= 15 is 0 Å². The molecule has 2 N–H and O–H groups in total. The van der Waals surface area contributed by atoms with Gasteiger partial charge in [0.05, 0.1) is 6.61 Å². The van der Waals surface area contributed by atoms with Crippen LogP contribution in [0.25, 0.3) is 0 Å². The smallest absolute Gasteiger partial charge is 0.119 e. The van der Waals surface area contributed by atoms with Gasteiger partial charge in [0.1, 0.15) is 5.75 Å². The van der Waals surface area contributed by atoms with Crippen molar-refractivity contribution in [2.45, 2.75) is 39.0 Å². The van der Waals surface area contributed by atoms with Crippen molar-refractivity contribution >= 4 is 0 Å². The second kappa shape index (κ2) is 5.90. The van der Waals surface area contributed by atoms with E-state index in [9.17, 15) is 0 Å². The summed E-state index contributed by atoms with van der Waals surface area (Å²) in [5, 5.41) is 0. The van der Waals surface area contributed by atoms with Gasteiger partial charge in [-0.05, 0) is 42.5 Å². The molecule has 1 aromatic rings. The molecule has 1 rings (SSSR count). The van der Waals surface area contributed by atoms with Gasteiger partial charge in [0.2, 0.25) is 0 Å². The molecule has 0 aliphatic heterocycles. The zero-order chi connectivity index (χ0) is 12.0. The molecule has 16 heavy (non-hydrogen) atoms. The monoisotopic (exact) mass is 221 g/mol. The zero-order valence-corrected chi connectivity index (χ0v) is 10.6. The minimum Gasteiger partial charge on any atom is -0.494 e. The van der Waals surface area contributed by atoms with Crippen molar-refractivity contribution in [1.82, 2.24) is 0 Å². The summed E-state index contributed by atoms with van der Waals surface area (Å²) in [6.07, 6.45) is 2.04. The quantitative estimate of drug-likeness (QED) is 0.749. The number of benzene rings is 1. The third-order valence-electron chi connectivity index (χ3n) is 3.14. The van der Waals surface area contributed by atoms with Crippen LogP contribution in [0.5, 0.6) is 5.75 Å². The van der Waals surface area contributed by atoms with Gasteiger partial charge in [0, 0.05) is 0 Å². The first kappa shape index (κ1) is 13.0. The maximum atomic E-state index is 5.57. The fourth-order valence-electron chi connectivity index (χ4n) is 1.48. The Bertz CT molecular complexity index is 303. The molecule has 0 unspecified atom stereocenters. The Morgan fingerprint density at radius 3 is 2.31 bits per heavy atom. The number of hydrogen-bond donors (Lipinski definition) is 1. The second-order valence-corrected chi connectivity index (χ2v) is 4.75. The van der Waals surface area contributed by atoms with E-state index in [2.05, 4.69) is 32.9 Å². The molecule has 0 saturated heterocycles. The van der Waals surface area contributed by atoms with Crippen LogP contribution in [0.3, 0.4) is 0 Å². The van der Waals surface area contributed by atoms with E-state index in [4.69, 9.17) is 10.5 Å². The highest BCUT2D eigenvalue weighted by atomic mass is 16.5. The zero-order valence-electron chi connectivity index (χ0n) is 10.6. The van der Waals surface area contributed by atoms with Gasteiger partial charge >= 0.3 is 0 Å². The molecule has 90 valence electrons. The van der Waals surface area contributed by atoms with Crippen molar-refractivity contribution in [2.24, 2.45) is 5.73 Å². The van der Waals surface area contributed by atoms with Gasteiger partial charge in [0.25, 0.3) is 0 Å². The Hall–Kier alpha value is -1.02. The van der Waals surface area contributed by atoms with Crippen LogP contribution in [0.15, 0.2) is 24.3 Å². The van der Waals surface area contributed by atoms with Gasteiger partial charge in [-0.2, -0.15) is 0 Å². The molecule has 0 aliphatic carbocycles. The van der Waals surface area contributed by atoms with E-state index in [0.717, 1.165) is 18.6 Å². The van der Waals surface area contributed by atoms with E-state index in [-0.39, 0.29) is 5.41 Å². The molecule has 0 aromatic heterocycles. The molecule has 0 bridgehead atoms. The molecule has 1 aromatic carbocycles. The lowest BCUT2D eigenvalue weighted by Gasteiger charge is -2.23. The van der Waals surface area contributed by atoms with Gasteiger partial charge < -0.3 is 10.5 Å². The maximum absolute atomic E-state index is 5.57. The summed E-state index contributed by atoms with van der Waals surface area (Å²) in [5.41, 5.74) is 7.02. The van der Waals surface area contributed by atoms with Gasteiger partial charge in [-0.1, -0.05) is 32.9 Å². The molecule has 0 amide bonds. The molecule has 0 saturated carbocycles. The average molecular weight is 221 g/mol. The van der Waals surface area contributed by atoms with Crippen molar-refractivity contribution in [2.75, 3.05) is 13.2 Å². The lowest BCUT2D eigenvalue weighted by Crippen LogP contribution is -2.15. The highest BCUT2D eigenvalue weighted by Crippen LogP contribution is 2.27. The fraction of sp³-hybridized carbons (Fsp3) is 0.571. The van der Waals surface area contributed by atoms with Crippen molar-refractivity contribution in [3.63, 3.8) is 0 Å². The summed E-state index contributed by atoms with van der Waals surface area (Å²) < 4.78 is 5.57. The first-order valence-electron chi connectivity index (χ1n) is 6.03. The third kappa shape index (κ3) is 3.53. The first-order valence-corrected chi connectivity index (χ1v) is 6.03. The Morgan fingerprint density at radius 2 is 1.81 bits per heavy atom. The molecule has 0 aliphatic rings. The van der Waals surface area contributed by atoms with Crippen LogP contribution >= 0.6 is 0 Å². The molecule has 2 nitrogen and oxygen atoms in total. The summed E-state index contributed by atoms with van der Waals surface area (Å²) in [6, 6.07) is 8.40. The Kier molecular flexibility index (Phi) is 4.81. The molecule has 0 radical (unpaired) electrons. The maximum Gasteiger partial charge on any atom is 0.119 e. The van der Waals surface area contributed by atoms with Crippen LogP contribution in [-0.4, -0.2) is 13.2 Å². The lowest BCUT2D eigenvalue weighted by molar-refractivity contribution is 0.313. The third-order valence-corrected chi connectivity index (χ3v) is 3.14. The molecule has 0 atom stereocenters. The number of nitrogens with two attached hydrogens (primary N) is 1. The Balaban J connectivity index is 2.61. The highest BCUT2D eigenvalue weighted by molar-refractivity contribution is 5.31. The van der Waals surface area contributed by atoms with Crippen LogP contribution in [0.2, 0.25) is 0 Å². The molecule has 0 heterocycles. The van der Waals surface area contributed by atoms with E-state index < -0.39 is 0 Å². The Morgan fingerprint density at radius 1 is 1.19 bits per heavy atom. The van der Waals surface area contributed by atoms with Crippen molar-refractivity contribution in [3.8, 4) is 5.75 Å². The van der Waals surface area contributed by atoms with Crippen LogP contribution in [0.1, 0.15) is 39.2 Å². The summed E-state index contributed by atoms with van der Waals surface area (Å²) in [6.45, 7) is 8.12. The number of ether oxygens (including phenoxy) is 1. The molecular formula is C14H23NO.